The highest BCUT2D eigenvalue weighted by Gasteiger charge is 2.39. The van der Waals surface area contributed by atoms with Crippen molar-refractivity contribution in [2.45, 2.75) is 37.8 Å². The van der Waals surface area contributed by atoms with E-state index in [4.69, 9.17) is 23.7 Å². The number of hydrogen-bond donors (Lipinski definition) is 2. The van der Waals surface area contributed by atoms with Crippen LogP contribution < -0.4 is 29.0 Å². The summed E-state index contributed by atoms with van der Waals surface area (Å²) < 4.78 is 31.9. The fraction of sp³-hybridized carbons (Fsp3) is 0.314. The number of ether oxygens (including phenoxy) is 5. The molecule has 43 heavy (non-hydrogen) atoms. The number of aromatic hydroxyl groups is 1. The molecule has 8 nitrogen and oxygen atoms in total. The van der Waals surface area contributed by atoms with Gasteiger partial charge >= 0.3 is 0 Å². The summed E-state index contributed by atoms with van der Waals surface area (Å²) in [5, 5.41) is 14.4. The van der Waals surface area contributed by atoms with Crippen molar-refractivity contribution in [3.8, 4) is 51.7 Å². The van der Waals surface area contributed by atoms with Gasteiger partial charge in [-0.2, -0.15) is 0 Å². The van der Waals surface area contributed by atoms with Crippen molar-refractivity contribution >= 4 is 0 Å². The monoisotopic (exact) mass is 578 g/mol. The van der Waals surface area contributed by atoms with Crippen LogP contribution in [0.2, 0.25) is 0 Å². The van der Waals surface area contributed by atoms with Gasteiger partial charge in [-0.15, -0.1) is 0 Å². The lowest BCUT2D eigenvalue weighted by atomic mass is 9.86. The van der Waals surface area contributed by atoms with Gasteiger partial charge in [-0.25, -0.2) is 0 Å². The Morgan fingerprint density at radius 3 is 2.16 bits per heavy atom. The molecule has 10 bridgehead atoms. The zero-order chi connectivity index (χ0) is 29.2. The number of nitrogens with one attached hydrogen (secondary N) is 1. The third-order valence-electron chi connectivity index (χ3n) is 9.28. The van der Waals surface area contributed by atoms with Gasteiger partial charge < -0.3 is 34.1 Å². The van der Waals surface area contributed by atoms with Crippen molar-refractivity contribution < 1.29 is 28.8 Å². The van der Waals surface area contributed by atoms with Crippen molar-refractivity contribution in [1.29, 1.82) is 0 Å². The lowest BCUT2D eigenvalue weighted by Gasteiger charge is -2.39. The van der Waals surface area contributed by atoms with Gasteiger partial charge in [0, 0.05) is 29.8 Å². The first kappa shape index (κ1) is 26.2. The Morgan fingerprint density at radius 2 is 1.44 bits per heavy atom. The lowest BCUT2D eigenvalue weighted by Crippen LogP contribution is -2.34. The first-order valence-corrected chi connectivity index (χ1v) is 14.9. The molecule has 2 unspecified atom stereocenters. The van der Waals surface area contributed by atoms with Crippen LogP contribution in [0.4, 0.5) is 0 Å². The Kier molecular flexibility index (Phi) is 6.17. The Labute approximate surface area is 250 Å². The van der Waals surface area contributed by atoms with E-state index in [0.29, 0.717) is 52.4 Å². The van der Waals surface area contributed by atoms with Crippen LogP contribution in [-0.4, -0.2) is 44.4 Å². The van der Waals surface area contributed by atoms with Crippen LogP contribution in [-0.2, 0) is 25.7 Å². The summed E-state index contributed by atoms with van der Waals surface area (Å²) in [6.45, 7) is 1.73. The van der Waals surface area contributed by atoms with Crippen LogP contribution >= 0.6 is 0 Å². The van der Waals surface area contributed by atoms with Gasteiger partial charge in [0.2, 0.25) is 11.5 Å². The van der Waals surface area contributed by atoms with Crippen molar-refractivity contribution in [2.75, 3.05) is 34.4 Å². The van der Waals surface area contributed by atoms with Crippen LogP contribution in [0.1, 0.15) is 45.5 Å². The quantitative estimate of drug-likeness (QED) is 0.242. The van der Waals surface area contributed by atoms with Crippen LogP contribution in [0, 0.1) is 0 Å². The Morgan fingerprint density at radius 1 is 0.767 bits per heavy atom. The topological polar surface area (TPSA) is 81.7 Å². The number of nitrogens with zero attached hydrogens (tertiary/aromatic N) is 1. The summed E-state index contributed by atoms with van der Waals surface area (Å²) in [7, 11) is 5.50. The minimum Gasteiger partial charge on any atom is -0.504 e. The number of phenolic OH excluding ortho intramolecular Hbond substituents is 1. The van der Waals surface area contributed by atoms with Crippen LogP contribution in [0.5, 0.6) is 51.7 Å². The molecule has 4 aromatic rings. The van der Waals surface area contributed by atoms with Gasteiger partial charge in [0.1, 0.15) is 5.75 Å². The van der Waals surface area contributed by atoms with E-state index in [1.165, 1.54) is 11.1 Å². The van der Waals surface area contributed by atoms with E-state index in [1.54, 1.807) is 20.3 Å². The molecule has 4 aromatic carbocycles. The third-order valence-corrected chi connectivity index (χ3v) is 9.28. The minimum atomic E-state index is -0.0119. The van der Waals surface area contributed by atoms with E-state index in [9.17, 15) is 5.11 Å². The van der Waals surface area contributed by atoms with E-state index < -0.39 is 0 Å². The second-order valence-electron chi connectivity index (χ2n) is 11.8. The zero-order valence-electron chi connectivity index (χ0n) is 24.5. The highest BCUT2D eigenvalue weighted by atomic mass is 16.6. The van der Waals surface area contributed by atoms with Crippen molar-refractivity contribution in [2.24, 2.45) is 0 Å². The van der Waals surface area contributed by atoms with Crippen molar-refractivity contribution in [3.05, 3.63) is 88.0 Å². The molecule has 0 spiro atoms. The molecule has 0 aromatic heterocycles. The Bertz CT molecular complexity index is 1750. The molecule has 0 radical (unpaired) electrons. The molecule has 6 aliphatic heterocycles. The summed E-state index contributed by atoms with van der Waals surface area (Å²) in [4.78, 5) is 2.35. The van der Waals surface area contributed by atoms with Gasteiger partial charge in [-0.1, -0.05) is 18.2 Å². The number of methoxy groups -OCH3 is 2. The van der Waals surface area contributed by atoms with Crippen molar-refractivity contribution in [3.63, 3.8) is 0 Å². The Hall–Kier alpha value is -4.40. The van der Waals surface area contributed by atoms with E-state index in [0.717, 1.165) is 54.6 Å². The number of rotatable bonds is 2. The summed E-state index contributed by atoms with van der Waals surface area (Å²) in [5.41, 5.74) is 6.71. The van der Waals surface area contributed by atoms with Crippen LogP contribution in [0.3, 0.4) is 0 Å². The molecule has 0 fully saturated rings. The second kappa shape index (κ2) is 10.1. The predicted molar refractivity (Wildman–Crippen MR) is 162 cm³/mol. The molecule has 0 saturated carbocycles. The molecule has 0 amide bonds. The molecular formula is C35H34N2O6. The molecular weight excluding hydrogens is 544 g/mol. The van der Waals surface area contributed by atoms with Gasteiger partial charge in [0.25, 0.3) is 0 Å². The summed E-state index contributed by atoms with van der Waals surface area (Å²) in [6.07, 6.45) is 3.14. The maximum absolute atomic E-state index is 10.7. The smallest absolute Gasteiger partial charge is 0.212 e. The molecule has 0 aliphatic carbocycles. The SMILES string of the molecule is COc1cc2c3c4c1Oc1c(c(OC)cc5c1C(Cc1ccc(O)c(c1)Oc1ccc(cc1)CC3NCC2)N(C)CC5)O4. The maximum Gasteiger partial charge on any atom is 0.212 e. The molecule has 8 heteroatoms. The first-order valence-electron chi connectivity index (χ1n) is 14.9. The van der Waals surface area contributed by atoms with E-state index in [1.807, 2.05) is 24.3 Å². The largest absolute Gasteiger partial charge is 0.504 e. The summed E-state index contributed by atoms with van der Waals surface area (Å²) in [6, 6.07) is 17.9. The fourth-order valence-electron chi connectivity index (χ4n) is 7.06. The molecule has 6 aliphatic rings. The average molecular weight is 579 g/mol. The molecule has 6 heterocycles. The van der Waals surface area contributed by atoms with Crippen LogP contribution in [0.25, 0.3) is 0 Å². The minimum absolute atomic E-state index is 0.00226. The number of hydrogen-bond acceptors (Lipinski definition) is 8. The maximum atomic E-state index is 10.7. The summed E-state index contributed by atoms with van der Waals surface area (Å²) >= 11 is 0. The van der Waals surface area contributed by atoms with E-state index in [2.05, 4.69) is 41.5 Å². The van der Waals surface area contributed by atoms with E-state index in [-0.39, 0.29) is 17.8 Å². The van der Waals surface area contributed by atoms with Gasteiger partial charge in [-0.3, -0.25) is 4.90 Å². The summed E-state index contributed by atoms with van der Waals surface area (Å²) in [5.74, 6) is 5.08. The Balaban J connectivity index is 1.38. The molecule has 2 atom stereocenters. The molecule has 220 valence electrons. The first-order chi connectivity index (χ1) is 21.0. The third kappa shape index (κ3) is 4.27. The number of benzene rings is 4. The number of phenols is 1. The molecule has 0 saturated heterocycles. The van der Waals surface area contributed by atoms with E-state index >= 15 is 0 Å². The van der Waals surface area contributed by atoms with Gasteiger partial charge in [0.05, 0.1) is 14.2 Å². The van der Waals surface area contributed by atoms with Gasteiger partial charge in [-0.05, 0) is 97.9 Å². The average Bonchev–Trinajstić information content (AvgIpc) is 3.02. The van der Waals surface area contributed by atoms with Crippen molar-refractivity contribution in [1.82, 2.24) is 10.2 Å². The highest BCUT2D eigenvalue weighted by molar-refractivity contribution is 5.71. The number of likely N-dealkylation sites (N-methyl/N-ethyl adjacent to an activating group) is 1. The van der Waals surface area contributed by atoms with Crippen LogP contribution in [0.15, 0.2) is 54.6 Å². The predicted octanol–water partition coefficient (Wildman–Crippen LogP) is 6.61. The zero-order valence-corrected chi connectivity index (χ0v) is 24.5. The standard InChI is InChI=1S/C35H34N2O6/c1-37-13-11-22-18-29(40-3)33-35-31(22)25(37)15-20-6-9-26(38)27(16-20)41-23-7-4-19(5-8-23)14-24-30-21(10-12-36-24)17-28(39-2)32(43-35)34(30)42-33/h4-9,16-18,24-25,36,38H,10-15H2,1-3H3. The lowest BCUT2D eigenvalue weighted by molar-refractivity contribution is 0.218. The highest BCUT2D eigenvalue weighted by Crippen LogP contribution is 2.60. The number of fused-ring (bicyclic) bond motifs is 1. The fourth-order valence-corrected chi connectivity index (χ4v) is 7.06. The normalized spacial score (nSPS) is 19.9. The molecule has 2 N–H and O–H groups in total. The second-order valence-corrected chi connectivity index (χ2v) is 11.8. The van der Waals surface area contributed by atoms with Gasteiger partial charge in [0.15, 0.2) is 34.5 Å². The molecule has 10 rings (SSSR count).